The molecule has 118 valence electrons. The van der Waals surface area contributed by atoms with Crippen molar-refractivity contribution in [3.8, 4) is 0 Å². The maximum Gasteiger partial charge on any atom is 0.304 e. The van der Waals surface area contributed by atoms with Crippen molar-refractivity contribution < 1.29 is 14.6 Å². The average Bonchev–Trinajstić information content (AvgIpc) is 2.46. The van der Waals surface area contributed by atoms with Gasteiger partial charge in [-0.1, -0.05) is 26.2 Å². The fraction of sp³-hybridized carbons (Fsp3) is 0.933. The summed E-state index contributed by atoms with van der Waals surface area (Å²) >= 11 is 0. The first-order valence-electron chi connectivity index (χ1n) is 7.96. The molecular formula is C15H30N2O3. The standard InChI is InChI=1S/C15H30N2O3/c1-2-3-4-5-7-16(8-6-15(18)19)9-10-17-11-13-20-14-12-17/h2-14H2,1H3,(H,18,19). The summed E-state index contributed by atoms with van der Waals surface area (Å²) in [4.78, 5) is 15.4. The molecule has 0 radical (unpaired) electrons. The molecule has 1 heterocycles. The lowest BCUT2D eigenvalue weighted by atomic mass is 10.2. The largest absolute Gasteiger partial charge is 0.481 e. The van der Waals surface area contributed by atoms with Crippen LogP contribution < -0.4 is 0 Å². The minimum Gasteiger partial charge on any atom is -0.481 e. The maximum atomic E-state index is 10.7. The molecule has 5 nitrogen and oxygen atoms in total. The minimum atomic E-state index is -0.699. The predicted molar refractivity (Wildman–Crippen MR) is 80.1 cm³/mol. The summed E-state index contributed by atoms with van der Waals surface area (Å²) in [6.45, 7) is 9.56. The quantitative estimate of drug-likeness (QED) is 0.586. The molecule has 0 aromatic carbocycles. The Bertz CT molecular complexity index is 256. The molecule has 1 rings (SSSR count). The van der Waals surface area contributed by atoms with Gasteiger partial charge < -0.3 is 14.7 Å². The van der Waals surface area contributed by atoms with Crippen molar-refractivity contribution in [1.29, 1.82) is 0 Å². The summed E-state index contributed by atoms with van der Waals surface area (Å²) in [6.07, 6.45) is 5.18. The topological polar surface area (TPSA) is 53.0 Å². The Morgan fingerprint density at radius 1 is 1.15 bits per heavy atom. The van der Waals surface area contributed by atoms with Gasteiger partial charge in [-0.3, -0.25) is 9.69 Å². The van der Waals surface area contributed by atoms with Gasteiger partial charge in [-0.25, -0.2) is 0 Å². The van der Waals surface area contributed by atoms with Crippen LogP contribution in [0.5, 0.6) is 0 Å². The number of hydrogen-bond donors (Lipinski definition) is 1. The molecule has 0 saturated carbocycles. The summed E-state index contributed by atoms with van der Waals surface area (Å²) in [5.74, 6) is -0.699. The van der Waals surface area contributed by atoms with Crippen molar-refractivity contribution in [3.05, 3.63) is 0 Å². The van der Waals surface area contributed by atoms with Crippen LogP contribution in [0.25, 0.3) is 0 Å². The predicted octanol–water partition coefficient (Wildman–Crippen LogP) is 1.68. The average molecular weight is 286 g/mol. The molecule has 1 aliphatic heterocycles. The highest BCUT2D eigenvalue weighted by Crippen LogP contribution is 2.04. The third kappa shape index (κ3) is 8.51. The van der Waals surface area contributed by atoms with E-state index in [9.17, 15) is 4.79 Å². The maximum absolute atomic E-state index is 10.7. The van der Waals surface area contributed by atoms with Gasteiger partial charge in [0.25, 0.3) is 0 Å². The Morgan fingerprint density at radius 3 is 2.55 bits per heavy atom. The monoisotopic (exact) mass is 286 g/mol. The van der Waals surface area contributed by atoms with E-state index in [-0.39, 0.29) is 6.42 Å². The normalized spacial score (nSPS) is 16.7. The number of carbonyl (C=O) groups is 1. The van der Waals surface area contributed by atoms with Gasteiger partial charge in [-0.05, 0) is 13.0 Å². The number of hydrogen-bond acceptors (Lipinski definition) is 4. The van der Waals surface area contributed by atoms with E-state index in [4.69, 9.17) is 9.84 Å². The summed E-state index contributed by atoms with van der Waals surface area (Å²) in [5.41, 5.74) is 0. The number of nitrogens with zero attached hydrogens (tertiary/aromatic N) is 2. The van der Waals surface area contributed by atoms with Crippen LogP contribution in [0.1, 0.15) is 39.0 Å². The third-order valence-electron chi connectivity index (χ3n) is 3.81. The van der Waals surface area contributed by atoms with Crippen molar-refractivity contribution in [2.75, 3.05) is 52.5 Å². The fourth-order valence-electron chi connectivity index (χ4n) is 2.46. The van der Waals surface area contributed by atoms with Gasteiger partial charge in [-0.15, -0.1) is 0 Å². The molecule has 0 atom stereocenters. The van der Waals surface area contributed by atoms with Crippen LogP contribution in [0.4, 0.5) is 0 Å². The lowest BCUT2D eigenvalue weighted by Crippen LogP contribution is -2.42. The van der Waals surface area contributed by atoms with E-state index < -0.39 is 5.97 Å². The molecule has 0 amide bonds. The van der Waals surface area contributed by atoms with Gasteiger partial charge in [-0.2, -0.15) is 0 Å². The van der Waals surface area contributed by atoms with Crippen LogP contribution >= 0.6 is 0 Å². The van der Waals surface area contributed by atoms with Gasteiger partial charge in [0, 0.05) is 32.7 Å². The lowest BCUT2D eigenvalue weighted by Gasteiger charge is -2.30. The second-order valence-corrected chi connectivity index (χ2v) is 5.50. The highest BCUT2D eigenvalue weighted by molar-refractivity contribution is 5.66. The number of aliphatic carboxylic acids is 1. The van der Waals surface area contributed by atoms with Crippen LogP contribution in [0, 0.1) is 0 Å². The lowest BCUT2D eigenvalue weighted by molar-refractivity contribution is -0.137. The molecule has 0 spiro atoms. The Kier molecular flexibility index (Phi) is 9.62. The highest BCUT2D eigenvalue weighted by Gasteiger charge is 2.13. The van der Waals surface area contributed by atoms with Crippen molar-refractivity contribution in [2.24, 2.45) is 0 Å². The van der Waals surface area contributed by atoms with E-state index in [0.717, 1.165) is 45.9 Å². The first-order valence-corrected chi connectivity index (χ1v) is 7.96. The number of carboxylic acid groups (broad SMARTS) is 1. The molecule has 1 fully saturated rings. The molecule has 1 aliphatic rings. The first-order chi connectivity index (χ1) is 9.72. The van der Waals surface area contributed by atoms with Crippen LogP contribution in [-0.2, 0) is 9.53 Å². The van der Waals surface area contributed by atoms with Crippen LogP contribution in [-0.4, -0.2) is 73.4 Å². The van der Waals surface area contributed by atoms with E-state index >= 15 is 0 Å². The molecule has 0 aliphatic carbocycles. The number of unbranched alkanes of at least 4 members (excludes halogenated alkanes) is 3. The third-order valence-corrected chi connectivity index (χ3v) is 3.81. The van der Waals surface area contributed by atoms with E-state index in [1.807, 2.05) is 0 Å². The van der Waals surface area contributed by atoms with E-state index in [2.05, 4.69) is 16.7 Å². The van der Waals surface area contributed by atoms with Crippen molar-refractivity contribution >= 4 is 5.97 Å². The SMILES string of the molecule is CCCCCCN(CCC(=O)O)CCN1CCOCC1. The minimum absolute atomic E-state index is 0.247. The highest BCUT2D eigenvalue weighted by atomic mass is 16.5. The molecule has 0 aromatic heterocycles. The van der Waals surface area contributed by atoms with Gasteiger partial charge >= 0.3 is 5.97 Å². The van der Waals surface area contributed by atoms with Crippen molar-refractivity contribution in [3.63, 3.8) is 0 Å². The number of morpholine rings is 1. The summed E-state index contributed by atoms with van der Waals surface area (Å²) in [5, 5.41) is 8.84. The zero-order valence-electron chi connectivity index (χ0n) is 12.9. The zero-order valence-corrected chi connectivity index (χ0v) is 12.9. The molecule has 0 unspecified atom stereocenters. The van der Waals surface area contributed by atoms with Gasteiger partial charge in [0.15, 0.2) is 0 Å². The Hall–Kier alpha value is -0.650. The Labute approximate surface area is 122 Å². The second-order valence-electron chi connectivity index (χ2n) is 5.50. The molecule has 5 heteroatoms. The van der Waals surface area contributed by atoms with Gasteiger partial charge in [0.05, 0.1) is 19.6 Å². The van der Waals surface area contributed by atoms with E-state index in [0.29, 0.717) is 6.54 Å². The smallest absolute Gasteiger partial charge is 0.304 e. The number of rotatable bonds is 11. The van der Waals surface area contributed by atoms with Crippen LogP contribution in [0.3, 0.4) is 0 Å². The van der Waals surface area contributed by atoms with Gasteiger partial charge in [0.2, 0.25) is 0 Å². The number of ether oxygens (including phenoxy) is 1. The Balaban J connectivity index is 2.22. The van der Waals surface area contributed by atoms with Gasteiger partial charge in [0.1, 0.15) is 0 Å². The molecule has 0 bridgehead atoms. The Morgan fingerprint density at radius 2 is 1.90 bits per heavy atom. The van der Waals surface area contributed by atoms with Crippen molar-refractivity contribution in [1.82, 2.24) is 9.80 Å². The van der Waals surface area contributed by atoms with E-state index in [1.54, 1.807) is 0 Å². The molecular weight excluding hydrogens is 256 g/mol. The fourth-order valence-corrected chi connectivity index (χ4v) is 2.46. The zero-order chi connectivity index (χ0) is 14.6. The van der Waals surface area contributed by atoms with Crippen LogP contribution in [0.15, 0.2) is 0 Å². The number of carboxylic acids is 1. The summed E-state index contributed by atoms with van der Waals surface area (Å²) < 4.78 is 5.34. The van der Waals surface area contributed by atoms with E-state index in [1.165, 1.54) is 25.7 Å². The molecule has 1 N–H and O–H groups in total. The first kappa shape index (κ1) is 17.4. The van der Waals surface area contributed by atoms with Crippen molar-refractivity contribution in [2.45, 2.75) is 39.0 Å². The summed E-state index contributed by atoms with van der Waals surface area (Å²) in [7, 11) is 0. The second kappa shape index (κ2) is 11.1. The molecule has 20 heavy (non-hydrogen) atoms. The molecule has 1 saturated heterocycles. The van der Waals surface area contributed by atoms with Crippen LogP contribution in [0.2, 0.25) is 0 Å². The summed E-state index contributed by atoms with van der Waals surface area (Å²) in [6, 6.07) is 0. The molecule has 0 aromatic rings.